The summed E-state index contributed by atoms with van der Waals surface area (Å²) in [5.41, 5.74) is 0. The molecule has 28 heavy (non-hydrogen) atoms. The van der Waals surface area contributed by atoms with Crippen molar-refractivity contribution in [3.05, 3.63) is 53.4 Å². The van der Waals surface area contributed by atoms with Crippen molar-refractivity contribution < 1.29 is 33.3 Å². The molecule has 2 aliphatic heterocycles. The minimum absolute atomic E-state index is 0.167. The number of aliphatic hydroxyl groups is 1. The van der Waals surface area contributed by atoms with Gasteiger partial charge in [-0.05, 0) is 36.4 Å². The molecule has 3 heterocycles. The molecule has 6 atom stereocenters. The van der Waals surface area contributed by atoms with Crippen LogP contribution in [-0.4, -0.2) is 48.3 Å². The molecule has 2 fully saturated rings. The third-order valence-corrected chi connectivity index (χ3v) is 4.83. The first kappa shape index (κ1) is 19.2. The van der Waals surface area contributed by atoms with Gasteiger partial charge in [-0.25, -0.2) is 0 Å². The van der Waals surface area contributed by atoms with Gasteiger partial charge in [0.2, 0.25) is 18.5 Å². The summed E-state index contributed by atoms with van der Waals surface area (Å²) >= 11 is 5.90. The van der Waals surface area contributed by atoms with E-state index in [9.17, 15) is 9.90 Å². The van der Waals surface area contributed by atoms with Crippen molar-refractivity contribution in [1.82, 2.24) is 5.32 Å². The Balaban J connectivity index is 1.53. The fourth-order valence-corrected chi connectivity index (χ4v) is 3.42. The third kappa shape index (κ3) is 4.01. The van der Waals surface area contributed by atoms with E-state index in [4.69, 9.17) is 35.0 Å². The van der Waals surface area contributed by atoms with Crippen LogP contribution in [0.2, 0.25) is 5.02 Å². The van der Waals surface area contributed by atoms with Gasteiger partial charge in [-0.1, -0.05) is 11.6 Å². The quantitative estimate of drug-likeness (QED) is 0.796. The molecule has 8 nitrogen and oxygen atoms in total. The van der Waals surface area contributed by atoms with Crippen molar-refractivity contribution in [3.8, 4) is 5.75 Å². The van der Waals surface area contributed by atoms with Gasteiger partial charge < -0.3 is 33.8 Å². The van der Waals surface area contributed by atoms with Crippen molar-refractivity contribution in [2.24, 2.45) is 0 Å². The summed E-state index contributed by atoms with van der Waals surface area (Å²) in [6.07, 6.45) is -2.58. The zero-order valence-corrected chi connectivity index (χ0v) is 15.7. The molecule has 2 aromatic rings. The minimum atomic E-state index is -1.08. The Morgan fingerprint density at radius 3 is 2.71 bits per heavy atom. The molecule has 2 aliphatic rings. The lowest BCUT2D eigenvalue weighted by Gasteiger charge is -2.47. The molecule has 0 saturated carbocycles. The zero-order chi connectivity index (χ0) is 19.7. The smallest absolute Gasteiger partial charge is 0.223 e. The number of fused-ring (bicyclic) bond motifs is 1. The van der Waals surface area contributed by atoms with Crippen LogP contribution >= 0.6 is 11.6 Å². The van der Waals surface area contributed by atoms with E-state index in [1.165, 1.54) is 13.2 Å². The molecule has 150 valence electrons. The van der Waals surface area contributed by atoms with E-state index in [-0.39, 0.29) is 12.5 Å². The molecule has 9 heteroatoms. The van der Waals surface area contributed by atoms with E-state index >= 15 is 0 Å². The van der Waals surface area contributed by atoms with Crippen molar-refractivity contribution >= 4 is 17.5 Å². The molecule has 2 saturated heterocycles. The summed E-state index contributed by atoms with van der Waals surface area (Å²) in [4.78, 5) is 11.7. The monoisotopic (exact) mass is 409 g/mol. The Hall–Kier alpha value is -2.10. The second kappa shape index (κ2) is 8.10. The van der Waals surface area contributed by atoms with Crippen molar-refractivity contribution in [2.45, 2.75) is 43.9 Å². The van der Waals surface area contributed by atoms with Gasteiger partial charge in [0.05, 0.1) is 12.9 Å². The van der Waals surface area contributed by atoms with Gasteiger partial charge in [0.25, 0.3) is 0 Å². The number of carbonyl (C=O) groups excluding carboxylic acids is 1. The van der Waals surface area contributed by atoms with Gasteiger partial charge in [0.15, 0.2) is 5.76 Å². The number of ether oxygens (including phenoxy) is 4. The van der Waals surface area contributed by atoms with Crippen LogP contribution in [0.4, 0.5) is 0 Å². The molecule has 0 aliphatic carbocycles. The number of aliphatic hydroxyl groups excluding tert-OH is 1. The summed E-state index contributed by atoms with van der Waals surface area (Å²) in [7, 11) is 0. The Bertz CT molecular complexity index is 797. The molecular weight excluding hydrogens is 390 g/mol. The average molecular weight is 410 g/mol. The van der Waals surface area contributed by atoms with Gasteiger partial charge in [-0.3, -0.25) is 4.79 Å². The van der Waals surface area contributed by atoms with Gasteiger partial charge in [-0.2, -0.15) is 0 Å². The predicted octanol–water partition coefficient (Wildman–Crippen LogP) is 2.02. The highest BCUT2D eigenvalue weighted by Crippen LogP contribution is 2.35. The Labute approximate surface area is 166 Å². The standard InChI is InChI=1S/C19H20ClNO7/c1-10(22)21-15-16(23)17-14(9-25-18(28-17)13-3-2-8-24-13)27-19(15)26-12-6-4-11(20)5-7-12/h2-8,14-19,23H,9H2,1H3,(H,21,22)/t14-,15+,16-,17+,18+,19-/m1/s1. The van der Waals surface area contributed by atoms with Crippen LogP contribution in [-0.2, 0) is 19.0 Å². The second-order valence-electron chi connectivity index (χ2n) is 6.61. The highest BCUT2D eigenvalue weighted by Gasteiger charge is 2.51. The number of nitrogens with one attached hydrogen (secondary N) is 1. The number of rotatable bonds is 4. The Kier molecular flexibility index (Phi) is 5.56. The number of furan rings is 1. The maximum atomic E-state index is 11.7. The van der Waals surface area contributed by atoms with Crippen molar-refractivity contribution in [1.29, 1.82) is 0 Å². The molecule has 1 aromatic heterocycles. The van der Waals surface area contributed by atoms with E-state index in [0.29, 0.717) is 16.5 Å². The molecule has 0 unspecified atom stereocenters. The van der Waals surface area contributed by atoms with E-state index in [0.717, 1.165) is 0 Å². The molecule has 0 bridgehead atoms. The highest BCUT2D eigenvalue weighted by atomic mass is 35.5. The summed E-state index contributed by atoms with van der Waals surface area (Å²) in [5, 5.41) is 14.2. The van der Waals surface area contributed by atoms with Crippen LogP contribution in [0.5, 0.6) is 5.75 Å². The molecule has 0 radical (unpaired) electrons. The lowest BCUT2D eigenvalue weighted by atomic mass is 9.96. The van der Waals surface area contributed by atoms with Gasteiger partial charge in [0, 0.05) is 11.9 Å². The maximum Gasteiger partial charge on any atom is 0.223 e. The molecular formula is C19H20ClNO7. The van der Waals surface area contributed by atoms with Crippen LogP contribution in [0.3, 0.4) is 0 Å². The fraction of sp³-hybridized carbons (Fsp3) is 0.421. The lowest BCUT2D eigenvalue weighted by Crippen LogP contribution is -2.67. The summed E-state index contributed by atoms with van der Waals surface area (Å²) in [6.45, 7) is 1.52. The third-order valence-electron chi connectivity index (χ3n) is 4.58. The molecule has 2 N–H and O–H groups in total. The number of carbonyl (C=O) groups is 1. The average Bonchev–Trinajstić information content (AvgIpc) is 3.21. The SMILES string of the molecule is CC(=O)N[C@@H]1[C@H](Oc2ccc(Cl)cc2)O[C@@H]2CO[C@H](c3ccco3)O[C@@H]2[C@@H]1O. The van der Waals surface area contributed by atoms with Crippen LogP contribution in [0, 0.1) is 0 Å². The van der Waals surface area contributed by atoms with Crippen LogP contribution in [0.25, 0.3) is 0 Å². The van der Waals surface area contributed by atoms with Crippen molar-refractivity contribution in [2.75, 3.05) is 6.61 Å². The van der Waals surface area contributed by atoms with E-state index in [1.54, 1.807) is 36.4 Å². The molecule has 1 amide bonds. The number of amides is 1. The molecule has 4 rings (SSSR count). The highest BCUT2D eigenvalue weighted by molar-refractivity contribution is 6.30. The van der Waals surface area contributed by atoms with Crippen LogP contribution in [0.15, 0.2) is 47.1 Å². The normalized spacial score (nSPS) is 32.4. The van der Waals surface area contributed by atoms with Crippen LogP contribution < -0.4 is 10.1 Å². The summed E-state index contributed by atoms with van der Waals surface area (Å²) in [5.74, 6) is 0.647. The lowest BCUT2D eigenvalue weighted by molar-refractivity contribution is -0.336. The Morgan fingerprint density at radius 2 is 2.04 bits per heavy atom. The van der Waals surface area contributed by atoms with Crippen molar-refractivity contribution in [3.63, 3.8) is 0 Å². The largest absolute Gasteiger partial charge is 0.464 e. The zero-order valence-electron chi connectivity index (χ0n) is 15.0. The number of hydrogen-bond donors (Lipinski definition) is 2. The second-order valence-corrected chi connectivity index (χ2v) is 7.05. The topological polar surface area (TPSA) is 99.4 Å². The van der Waals surface area contributed by atoms with Gasteiger partial charge in [-0.15, -0.1) is 0 Å². The molecule has 0 spiro atoms. The maximum absolute atomic E-state index is 11.7. The van der Waals surface area contributed by atoms with Gasteiger partial charge in [0.1, 0.15) is 30.1 Å². The van der Waals surface area contributed by atoms with Gasteiger partial charge >= 0.3 is 0 Å². The van der Waals surface area contributed by atoms with E-state index < -0.39 is 36.9 Å². The number of hydrogen-bond acceptors (Lipinski definition) is 7. The fourth-order valence-electron chi connectivity index (χ4n) is 3.30. The molecule has 1 aromatic carbocycles. The minimum Gasteiger partial charge on any atom is -0.464 e. The number of benzene rings is 1. The van der Waals surface area contributed by atoms with E-state index in [1.807, 2.05) is 0 Å². The first-order valence-corrected chi connectivity index (χ1v) is 9.22. The number of halogens is 1. The predicted molar refractivity (Wildman–Crippen MR) is 96.6 cm³/mol. The van der Waals surface area contributed by atoms with E-state index in [2.05, 4.69) is 5.32 Å². The first-order chi connectivity index (χ1) is 13.5. The Morgan fingerprint density at radius 1 is 1.25 bits per heavy atom. The summed E-state index contributed by atoms with van der Waals surface area (Å²) < 4.78 is 28.6. The first-order valence-electron chi connectivity index (χ1n) is 8.84. The van der Waals surface area contributed by atoms with Crippen LogP contribution in [0.1, 0.15) is 19.0 Å². The summed E-state index contributed by atoms with van der Waals surface area (Å²) in [6, 6.07) is 9.30.